The Kier molecular flexibility index (Phi) is 1.67. The van der Waals surface area contributed by atoms with Crippen molar-refractivity contribution in [3.05, 3.63) is 0 Å². The number of fused-ring (bicyclic) bond motifs is 2. The SMILES string of the molecule is CC1C2CC(C(N)=O)C(C2)C1C. The zero-order chi connectivity index (χ0) is 8.88. The first kappa shape index (κ1) is 8.09. The zero-order valence-electron chi connectivity index (χ0n) is 7.79. The Morgan fingerprint density at radius 1 is 1.25 bits per heavy atom. The van der Waals surface area contributed by atoms with Gasteiger partial charge in [-0.1, -0.05) is 13.8 Å². The second-order valence-corrected chi connectivity index (χ2v) is 4.62. The minimum absolute atomic E-state index is 0.0683. The minimum atomic E-state index is -0.0683. The van der Waals surface area contributed by atoms with Crippen LogP contribution < -0.4 is 5.73 Å². The molecule has 2 bridgehead atoms. The smallest absolute Gasteiger partial charge is 0.220 e. The Bertz CT molecular complexity index is 212. The van der Waals surface area contributed by atoms with Crippen LogP contribution in [0.15, 0.2) is 0 Å². The normalized spacial score (nSPS) is 51.3. The Morgan fingerprint density at radius 2 is 1.92 bits per heavy atom. The molecule has 2 saturated carbocycles. The van der Waals surface area contributed by atoms with E-state index in [1.807, 2.05) is 0 Å². The van der Waals surface area contributed by atoms with E-state index in [0.717, 1.165) is 18.3 Å². The largest absolute Gasteiger partial charge is 0.369 e. The van der Waals surface area contributed by atoms with Gasteiger partial charge in [-0.3, -0.25) is 4.79 Å². The molecule has 2 N–H and O–H groups in total. The van der Waals surface area contributed by atoms with Crippen LogP contribution in [0.2, 0.25) is 0 Å². The van der Waals surface area contributed by atoms with Crippen LogP contribution in [0.1, 0.15) is 26.7 Å². The van der Waals surface area contributed by atoms with Crippen LogP contribution in [0.4, 0.5) is 0 Å². The van der Waals surface area contributed by atoms with Gasteiger partial charge in [0.05, 0.1) is 0 Å². The third-order valence-corrected chi connectivity index (χ3v) is 4.26. The second kappa shape index (κ2) is 2.48. The fourth-order valence-electron chi connectivity index (χ4n) is 3.27. The molecule has 2 fully saturated rings. The molecule has 12 heavy (non-hydrogen) atoms. The summed E-state index contributed by atoms with van der Waals surface area (Å²) < 4.78 is 0. The summed E-state index contributed by atoms with van der Waals surface area (Å²) in [4.78, 5) is 11.1. The van der Waals surface area contributed by atoms with Crippen LogP contribution in [-0.4, -0.2) is 5.91 Å². The fourth-order valence-corrected chi connectivity index (χ4v) is 3.27. The predicted octanol–water partition coefficient (Wildman–Crippen LogP) is 1.40. The lowest BCUT2D eigenvalue weighted by Gasteiger charge is -2.29. The number of amides is 1. The van der Waals surface area contributed by atoms with Crippen molar-refractivity contribution in [1.29, 1.82) is 0 Å². The van der Waals surface area contributed by atoms with Crippen LogP contribution in [0.25, 0.3) is 0 Å². The number of rotatable bonds is 1. The Hall–Kier alpha value is -0.530. The summed E-state index contributed by atoms with van der Waals surface area (Å²) in [6.45, 7) is 4.58. The van der Waals surface area contributed by atoms with Crippen molar-refractivity contribution in [3.63, 3.8) is 0 Å². The average Bonchev–Trinajstić information content (AvgIpc) is 2.53. The van der Waals surface area contributed by atoms with Crippen LogP contribution in [0.3, 0.4) is 0 Å². The maximum Gasteiger partial charge on any atom is 0.220 e. The fraction of sp³-hybridized carbons (Fsp3) is 0.900. The number of hydrogen-bond acceptors (Lipinski definition) is 1. The van der Waals surface area contributed by atoms with Gasteiger partial charge in [-0.25, -0.2) is 0 Å². The maximum atomic E-state index is 11.1. The number of carbonyl (C=O) groups is 1. The van der Waals surface area contributed by atoms with Gasteiger partial charge in [0, 0.05) is 5.92 Å². The lowest BCUT2D eigenvalue weighted by atomic mass is 9.75. The van der Waals surface area contributed by atoms with E-state index in [1.54, 1.807) is 0 Å². The summed E-state index contributed by atoms with van der Waals surface area (Å²) in [5.41, 5.74) is 5.35. The van der Waals surface area contributed by atoms with E-state index in [9.17, 15) is 4.79 Å². The molecule has 0 aromatic carbocycles. The molecule has 2 heteroatoms. The topological polar surface area (TPSA) is 43.1 Å². The molecule has 0 radical (unpaired) electrons. The summed E-state index contributed by atoms with van der Waals surface area (Å²) in [7, 11) is 0. The molecule has 0 aromatic heterocycles. The van der Waals surface area contributed by atoms with E-state index in [2.05, 4.69) is 13.8 Å². The second-order valence-electron chi connectivity index (χ2n) is 4.62. The Morgan fingerprint density at radius 3 is 2.33 bits per heavy atom. The molecular formula is C10H17NO. The molecular weight excluding hydrogens is 150 g/mol. The molecule has 0 aromatic rings. The van der Waals surface area contributed by atoms with Gasteiger partial charge in [0.25, 0.3) is 0 Å². The van der Waals surface area contributed by atoms with Crippen molar-refractivity contribution >= 4 is 5.91 Å². The van der Waals surface area contributed by atoms with Gasteiger partial charge in [-0.05, 0) is 36.5 Å². The molecule has 1 amide bonds. The highest BCUT2D eigenvalue weighted by molar-refractivity contribution is 5.77. The van der Waals surface area contributed by atoms with Crippen LogP contribution >= 0.6 is 0 Å². The lowest BCUT2D eigenvalue weighted by molar-refractivity contribution is -0.124. The highest BCUT2D eigenvalue weighted by Crippen LogP contribution is 2.54. The van der Waals surface area contributed by atoms with Crippen molar-refractivity contribution in [2.24, 2.45) is 35.3 Å². The van der Waals surface area contributed by atoms with Gasteiger partial charge >= 0.3 is 0 Å². The lowest BCUT2D eigenvalue weighted by Crippen LogP contribution is -2.33. The number of hydrogen-bond donors (Lipinski definition) is 1. The van der Waals surface area contributed by atoms with E-state index < -0.39 is 0 Å². The average molecular weight is 167 g/mol. The summed E-state index contributed by atoms with van der Waals surface area (Å²) in [5.74, 6) is 3.03. The van der Waals surface area contributed by atoms with Crippen molar-refractivity contribution in [1.82, 2.24) is 0 Å². The molecule has 2 aliphatic carbocycles. The molecule has 5 atom stereocenters. The van der Waals surface area contributed by atoms with Gasteiger partial charge in [0.2, 0.25) is 5.91 Å². The molecule has 2 rings (SSSR count). The molecule has 0 aliphatic heterocycles. The van der Waals surface area contributed by atoms with Crippen molar-refractivity contribution in [3.8, 4) is 0 Å². The van der Waals surface area contributed by atoms with Gasteiger partial charge < -0.3 is 5.73 Å². The number of carbonyl (C=O) groups excluding carboxylic acids is 1. The number of primary amides is 1. The predicted molar refractivity (Wildman–Crippen MR) is 47.2 cm³/mol. The van der Waals surface area contributed by atoms with E-state index in [4.69, 9.17) is 5.73 Å². The molecule has 0 spiro atoms. The first-order chi connectivity index (χ1) is 5.61. The monoisotopic (exact) mass is 167 g/mol. The molecule has 0 saturated heterocycles. The van der Waals surface area contributed by atoms with Gasteiger partial charge in [0.1, 0.15) is 0 Å². The maximum absolute atomic E-state index is 11.1. The van der Waals surface area contributed by atoms with Crippen molar-refractivity contribution < 1.29 is 4.79 Å². The molecule has 2 aliphatic rings. The summed E-state index contributed by atoms with van der Waals surface area (Å²) in [6, 6.07) is 0. The first-order valence-corrected chi connectivity index (χ1v) is 4.90. The van der Waals surface area contributed by atoms with Gasteiger partial charge in [0.15, 0.2) is 0 Å². The summed E-state index contributed by atoms with van der Waals surface area (Å²) >= 11 is 0. The van der Waals surface area contributed by atoms with Crippen LogP contribution in [0, 0.1) is 29.6 Å². The quantitative estimate of drug-likeness (QED) is 0.630. The molecule has 2 nitrogen and oxygen atoms in total. The number of nitrogens with two attached hydrogens (primary N) is 1. The highest BCUT2D eigenvalue weighted by atomic mass is 16.1. The van der Waals surface area contributed by atoms with E-state index >= 15 is 0 Å². The van der Waals surface area contributed by atoms with E-state index in [1.165, 1.54) is 6.42 Å². The zero-order valence-corrected chi connectivity index (χ0v) is 7.79. The summed E-state index contributed by atoms with van der Waals surface area (Å²) in [6.07, 6.45) is 2.31. The summed E-state index contributed by atoms with van der Waals surface area (Å²) in [5, 5.41) is 0. The van der Waals surface area contributed by atoms with Crippen LogP contribution in [-0.2, 0) is 4.79 Å². The molecule has 0 heterocycles. The first-order valence-electron chi connectivity index (χ1n) is 4.90. The van der Waals surface area contributed by atoms with E-state index in [-0.39, 0.29) is 11.8 Å². The van der Waals surface area contributed by atoms with Gasteiger partial charge in [-0.15, -0.1) is 0 Å². The standard InChI is InChI=1S/C10H17NO/c1-5-6(2)8-3-7(5)4-9(8)10(11)12/h5-9H,3-4H2,1-2H3,(H2,11,12). The Balaban J connectivity index is 2.15. The van der Waals surface area contributed by atoms with Crippen molar-refractivity contribution in [2.45, 2.75) is 26.7 Å². The van der Waals surface area contributed by atoms with E-state index in [0.29, 0.717) is 11.8 Å². The molecule has 68 valence electrons. The Labute approximate surface area is 73.5 Å². The third-order valence-electron chi connectivity index (χ3n) is 4.26. The minimum Gasteiger partial charge on any atom is -0.369 e. The third kappa shape index (κ3) is 0.900. The van der Waals surface area contributed by atoms with Gasteiger partial charge in [-0.2, -0.15) is 0 Å². The highest BCUT2D eigenvalue weighted by Gasteiger charge is 2.50. The molecule has 5 unspecified atom stereocenters. The van der Waals surface area contributed by atoms with Crippen molar-refractivity contribution in [2.75, 3.05) is 0 Å². The van der Waals surface area contributed by atoms with Crippen LogP contribution in [0.5, 0.6) is 0 Å².